The third-order valence-corrected chi connectivity index (χ3v) is 4.55. The number of carbonyl (C=O) groups excluding carboxylic acids is 1. The van der Waals surface area contributed by atoms with Crippen molar-refractivity contribution in [2.45, 2.75) is 20.0 Å². The maximum Gasteiger partial charge on any atom is 0.254 e. The molecule has 1 heterocycles. The number of ether oxygens (including phenoxy) is 3. The van der Waals surface area contributed by atoms with Crippen LogP contribution < -0.4 is 9.47 Å². The maximum absolute atomic E-state index is 12.8. The first-order valence-electron chi connectivity index (χ1n) is 8.82. The monoisotopic (exact) mass is 355 g/mol. The highest BCUT2D eigenvalue weighted by Gasteiger charge is 2.26. The van der Waals surface area contributed by atoms with Crippen LogP contribution in [0, 0.1) is 13.8 Å². The fourth-order valence-corrected chi connectivity index (χ4v) is 3.06. The summed E-state index contributed by atoms with van der Waals surface area (Å²) in [5.41, 5.74) is 2.84. The van der Waals surface area contributed by atoms with Gasteiger partial charge < -0.3 is 19.1 Å². The summed E-state index contributed by atoms with van der Waals surface area (Å²) in [6.45, 7) is 5.95. The lowest BCUT2D eigenvalue weighted by Gasteiger charge is -2.33. The molecule has 26 heavy (non-hydrogen) atoms. The topological polar surface area (TPSA) is 48.0 Å². The second kappa shape index (κ2) is 8.23. The summed E-state index contributed by atoms with van der Waals surface area (Å²) >= 11 is 0. The molecule has 5 heteroatoms. The fraction of sp³-hybridized carbons (Fsp3) is 0.381. The number of hydrogen-bond acceptors (Lipinski definition) is 4. The quantitative estimate of drug-likeness (QED) is 0.826. The molecule has 2 aromatic rings. The largest absolute Gasteiger partial charge is 0.493 e. The molecule has 1 amide bonds. The molecule has 2 aromatic carbocycles. The van der Waals surface area contributed by atoms with E-state index < -0.39 is 0 Å². The van der Waals surface area contributed by atoms with Gasteiger partial charge in [-0.3, -0.25) is 4.79 Å². The minimum absolute atomic E-state index is 0.0457. The van der Waals surface area contributed by atoms with Crippen molar-refractivity contribution in [2.24, 2.45) is 0 Å². The molecule has 138 valence electrons. The van der Waals surface area contributed by atoms with E-state index in [4.69, 9.17) is 14.2 Å². The smallest absolute Gasteiger partial charge is 0.254 e. The molecular weight excluding hydrogens is 330 g/mol. The van der Waals surface area contributed by atoms with Gasteiger partial charge in [0.05, 0.1) is 20.3 Å². The van der Waals surface area contributed by atoms with E-state index in [0.717, 1.165) is 16.7 Å². The van der Waals surface area contributed by atoms with E-state index in [1.807, 2.05) is 61.2 Å². The first-order chi connectivity index (χ1) is 12.6. The van der Waals surface area contributed by atoms with Crippen LogP contribution in [0.4, 0.5) is 0 Å². The zero-order chi connectivity index (χ0) is 18.5. The molecule has 0 spiro atoms. The van der Waals surface area contributed by atoms with Crippen LogP contribution in [0.5, 0.6) is 11.5 Å². The van der Waals surface area contributed by atoms with E-state index in [1.54, 1.807) is 7.11 Å². The molecule has 0 N–H and O–H groups in total. The molecule has 0 aromatic heterocycles. The number of rotatable bonds is 5. The van der Waals surface area contributed by atoms with Crippen molar-refractivity contribution in [3.05, 3.63) is 59.2 Å². The van der Waals surface area contributed by atoms with Crippen molar-refractivity contribution in [2.75, 3.05) is 33.4 Å². The number of amides is 1. The Balaban J connectivity index is 1.62. The molecule has 1 aliphatic rings. The first-order valence-corrected chi connectivity index (χ1v) is 8.82. The molecule has 1 aliphatic heterocycles. The van der Waals surface area contributed by atoms with E-state index in [0.29, 0.717) is 37.8 Å². The highest BCUT2D eigenvalue weighted by Crippen LogP contribution is 2.28. The van der Waals surface area contributed by atoms with Gasteiger partial charge in [-0.05, 0) is 43.2 Å². The third-order valence-electron chi connectivity index (χ3n) is 4.55. The van der Waals surface area contributed by atoms with E-state index in [-0.39, 0.29) is 12.0 Å². The van der Waals surface area contributed by atoms with Crippen molar-refractivity contribution >= 4 is 5.91 Å². The lowest BCUT2D eigenvalue weighted by molar-refractivity contribution is -0.0404. The SMILES string of the molecule is COc1cc(C)ccc1OC[C@H]1CN(C(=O)c2ccccc2C)CCO1. The predicted molar refractivity (Wildman–Crippen MR) is 100 cm³/mol. The Labute approximate surface area is 154 Å². The molecule has 0 aliphatic carbocycles. The molecule has 1 saturated heterocycles. The Bertz CT molecular complexity index is 774. The molecule has 3 rings (SSSR count). The minimum Gasteiger partial charge on any atom is -0.493 e. The summed E-state index contributed by atoms with van der Waals surface area (Å²) in [5, 5.41) is 0. The third kappa shape index (κ3) is 4.17. The second-order valence-electron chi connectivity index (χ2n) is 6.52. The van der Waals surface area contributed by atoms with Gasteiger partial charge in [0.2, 0.25) is 0 Å². The van der Waals surface area contributed by atoms with Crippen LogP contribution in [0.15, 0.2) is 42.5 Å². The number of nitrogens with zero attached hydrogens (tertiary/aromatic N) is 1. The molecule has 1 atom stereocenters. The molecule has 0 radical (unpaired) electrons. The van der Waals surface area contributed by atoms with Crippen molar-refractivity contribution in [1.82, 2.24) is 4.90 Å². The first kappa shape index (κ1) is 18.3. The van der Waals surface area contributed by atoms with Crippen LogP contribution >= 0.6 is 0 Å². The highest BCUT2D eigenvalue weighted by atomic mass is 16.5. The number of methoxy groups -OCH3 is 1. The van der Waals surface area contributed by atoms with Crippen LogP contribution in [0.25, 0.3) is 0 Å². The van der Waals surface area contributed by atoms with Crippen molar-refractivity contribution in [3.8, 4) is 11.5 Å². The Hall–Kier alpha value is -2.53. The summed E-state index contributed by atoms with van der Waals surface area (Å²) in [5.74, 6) is 1.43. The summed E-state index contributed by atoms with van der Waals surface area (Å²) in [6, 6.07) is 13.5. The Morgan fingerprint density at radius 3 is 2.77 bits per heavy atom. The van der Waals surface area contributed by atoms with Crippen LogP contribution in [0.2, 0.25) is 0 Å². The Morgan fingerprint density at radius 2 is 2.00 bits per heavy atom. The number of aryl methyl sites for hydroxylation is 2. The van der Waals surface area contributed by atoms with Crippen molar-refractivity contribution < 1.29 is 19.0 Å². The zero-order valence-corrected chi connectivity index (χ0v) is 15.5. The molecular formula is C21H25NO4. The van der Waals surface area contributed by atoms with Crippen LogP contribution in [-0.4, -0.2) is 50.3 Å². The minimum atomic E-state index is -0.164. The van der Waals surface area contributed by atoms with Gasteiger partial charge in [-0.15, -0.1) is 0 Å². The van der Waals surface area contributed by atoms with Crippen LogP contribution in [0.1, 0.15) is 21.5 Å². The van der Waals surface area contributed by atoms with Gasteiger partial charge in [-0.2, -0.15) is 0 Å². The van der Waals surface area contributed by atoms with Gasteiger partial charge in [0, 0.05) is 12.1 Å². The molecule has 1 fully saturated rings. The lowest BCUT2D eigenvalue weighted by Crippen LogP contribution is -2.47. The fourth-order valence-electron chi connectivity index (χ4n) is 3.06. The lowest BCUT2D eigenvalue weighted by atomic mass is 10.1. The number of benzene rings is 2. The normalized spacial score (nSPS) is 17.0. The van der Waals surface area contributed by atoms with Crippen molar-refractivity contribution in [3.63, 3.8) is 0 Å². The highest BCUT2D eigenvalue weighted by molar-refractivity contribution is 5.95. The zero-order valence-electron chi connectivity index (χ0n) is 15.5. The number of hydrogen-bond donors (Lipinski definition) is 0. The average Bonchev–Trinajstić information content (AvgIpc) is 2.67. The van der Waals surface area contributed by atoms with Gasteiger partial charge in [0.25, 0.3) is 5.91 Å². The van der Waals surface area contributed by atoms with E-state index in [1.165, 1.54) is 0 Å². The van der Waals surface area contributed by atoms with Crippen molar-refractivity contribution in [1.29, 1.82) is 0 Å². The van der Waals surface area contributed by atoms with Gasteiger partial charge >= 0.3 is 0 Å². The Kier molecular flexibility index (Phi) is 5.78. The van der Waals surface area contributed by atoms with Crippen LogP contribution in [-0.2, 0) is 4.74 Å². The number of morpholine rings is 1. The Morgan fingerprint density at radius 1 is 1.19 bits per heavy atom. The summed E-state index contributed by atoms with van der Waals surface area (Å²) in [6.07, 6.45) is -0.164. The summed E-state index contributed by atoms with van der Waals surface area (Å²) in [7, 11) is 1.63. The second-order valence-corrected chi connectivity index (χ2v) is 6.52. The van der Waals surface area contributed by atoms with E-state index >= 15 is 0 Å². The van der Waals surface area contributed by atoms with Gasteiger partial charge in [0.1, 0.15) is 12.7 Å². The van der Waals surface area contributed by atoms with Gasteiger partial charge in [-0.1, -0.05) is 24.3 Å². The molecule has 0 unspecified atom stereocenters. The van der Waals surface area contributed by atoms with E-state index in [9.17, 15) is 4.79 Å². The molecule has 0 bridgehead atoms. The van der Waals surface area contributed by atoms with E-state index in [2.05, 4.69) is 0 Å². The summed E-state index contributed by atoms with van der Waals surface area (Å²) in [4.78, 5) is 14.6. The summed E-state index contributed by atoms with van der Waals surface area (Å²) < 4.78 is 17.0. The van der Waals surface area contributed by atoms with Gasteiger partial charge in [0.15, 0.2) is 11.5 Å². The standard InChI is InChI=1S/C21H25NO4/c1-15-8-9-19(20(12-15)24-3)26-14-17-13-22(10-11-25-17)21(23)18-7-5-4-6-16(18)2/h4-9,12,17H,10-11,13-14H2,1-3H3/t17-/m1/s1. The van der Waals surface area contributed by atoms with Crippen LogP contribution in [0.3, 0.4) is 0 Å². The van der Waals surface area contributed by atoms with Gasteiger partial charge in [-0.25, -0.2) is 0 Å². The predicted octanol–water partition coefficient (Wildman–Crippen LogP) is 3.23. The average molecular weight is 355 g/mol. The molecule has 0 saturated carbocycles. The maximum atomic E-state index is 12.8. The molecule has 5 nitrogen and oxygen atoms in total. The number of carbonyl (C=O) groups is 1.